The number of hydrogen-bond acceptors (Lipinski definition) is 11. The fourth-order valence-electron chi connectivity index (χ4n) is 2.88. The number of carbonyl (C=O) groups is 7. The number of alkyl carbamates (subject to hydrolysis) is 1. The lowest BCUT2D eigenvalue weighted by Gasteiger charge is -2.31. The molecule has 2 unspecified atom stereocenters. The van der Waals surface area contributed by atoms with Gasteiger partial charge >= 0.3 is 12.2 Å². The van der Waals surface area contributed by atoms with Crippen LogP contribution in [0.3, 0.4) is 0 Å². The highest BCUT2D eigenvalue weighted by Gasteiger charge is 2.39. The molecule has 0 radical (unpaired) electrons. The van der Waals surface area contributed by atoms with Gasteiger partial charge in [-0.1, -0.05) is 6.92 Å². The van der Waals surface area contributed by atoms with Crippen LogP contribution in [0.15, 0.2) is 0 Å². The number of carbonyl (C=O) groups excluding carboxylic acids is 6. The van der Waals surface area contributed by atoms with Crippen molar-refractivity contribution >= 4 is 41.6 Å². The fourth-order valence-corrected chi connectivity index (χ4v) is 2.88. The highest BCUT2D eigenvalue weighted by molar-refractivity contribution is 5.93. The van der Waals surface area contributed by atoms with Gasteiger partial charge < -0.3 is 46.8 Å². The van der Waals surface area contributed by atoms with Crippen molar-refractivity contribution in [2.45, 2.75) is 76.5 Å². The Kier molecular flexibility index (Phi) is 14.5. The molecule has 0 aromatic carbocycles. The first-order chi connectivity index (χ1) is 17.6. The van der Waals surface area contributed by atoms with Crippen molar-refractivity contribution in [2.75, 3.05) is 13.7 Å². The lowest BCUT2D eigenvalue weighted by atomic mass is 9.98. The molecule has 6 amide bonds. The summed E-state index contributed by atoms with van der Waals surface area (Å²) in [6.45, 7) is 2.67. The Hall–Kier alpha value is -3.83. The van der Waals surface area contributed by atoms with E-state index in [0.29, 0.717) is 4.90 Å². The van der Waals surface area contributed by atoms with E-state index in [4.69, 9.17) is 20.7 Å². The molecule has 0 aromatic heterocycles. The van der Waals surface area contributed by atoms with Gasteiger partial charge in [-0.05, 0) is 20.3 Å². The first-order valence-electron chi connectivity index (χ1n) is 11.4. The SMILES string of the molecule is CCC(=O)N[C@@H](C(C)=O)[C@@H](OC(=O)NC(C)C(=O)NC(CCC(=O)N(C)C(=O)O)C(N)=O)[C@H](O)[C@H](O)CO. The highest BCUT2D eigenvalue weighted by Crippen LogP contribution is 2.12. The predicted octanol–water partition coefficient (Wildman–Crippen LogP) is -3.45. The van der Waals surface area contributed by atoms with E-state index in [1.807, 2.05) is 0 Å². The number of nitrogens with zero attached hydrogens (tertiary/aromatic N) is 1. The van der Waals surface area contributed by atoms with Crippen LogP contribution in [0.4, 0.5) is 9.59 Å². The maximum atomic E-state index is 12.5. The number of nitrogens with two attached hydrogens (primary N) is 1. The number of hydrogen-bond donors (Lipinski definition) is 8. The molecule has 0 aliphatic rings. The van der Waals surface area contributed by atoms with Gasteiger partial charge in [0.25, 0.3) is 0 Å². The van der Waals surface area contributed by atoms with Gasteiger partial charge in [-0.15, -0.1) is 0 Å². The van der Waals surface area contributed by atoms with Crippen molar-refractivity contribution in [1.82, 2.24) is 20.9 Å². The number of nitrogens with one attached hydrogen (secondary N) is 3. The van der Waals surface area contributed by atoms with Gasteiger partial charge in [-0.25, -0.2) is 9.59 Å². The number of imide groups is 1. The standard InChI is InChI=1S/C21H35N5O12/c1-5-13(30)25-15(10(3)28)17(16(32)12(29)8-27)38-20(35)23-9(2)19(34)24-11(18(22)33)6-7-14(31)26(4)21(36)37/h9,11-12,15-17,27,29,32H,5-8H2,1-4H3,(H2,22,33)(H,23,35)(H,24,34)(H,25,30)(H,36,37)/t9?,11?,12-,15+,16-,17-/m1/s1. The zero-order chi connectivity index (χ0) is 29.7. The van der Waals surface area contributed by atoms with E-state index in [0.717, 1.165) is 20.9 Å². The Bertz CT molecular complexity index is 898. The second-order valence-corrected chi connectivity index (χ2v) is 8.22. The van der Waals surface area contributed by atoms with Crippen molar-refractivity contribution in [2.24, 2.45) is 5.73 Å². The molecule has 38 heavy (non-hydrogen) atoms. The molecule has 0 rings (SSSR count). The Labute approximate surface area is 217 Å². The molecule has 0 spiro atoms. The molecule has 0 aromatic rings. The summed E-state index contributed by atoms with van der Waals surface area (Å²) in [4.78, 5) is 83.5. The molecular formula is C21H35N5O12. The molecule has 17 heteroatoms. The number of aliphatic hydroxyl groups excluding tert-OH is 3. The molecule has 0 heterocycles. The van der Waals surface area contributed by atoms with Gasteiger partial charge in [-0.2, -0.15) is 0 Å². The number of Topliss-reactive ketones (excluding diaryl/α,β-unsaturated/α-hetero) is 1. The van der Waals surface area contributed by atoms with Crippen molar-refractivity contribution in [3.05, 3.63) is 0 Å². The normalized spacial score (nSPS) is 15.4. The van der Waals surface area contributed by atoms with Crippen LogP contribution in [0.5, 0.6) is 0 Å². The van der Waals surface area contributed by atoms with E-state index < -0.39 is 91.1 Å². The monoisotopic (exact) mass is 549 g/mol. The summed E-state index contributed by atoms with van der Waals surface area (Å²) >= 11 is 0. The Morgan fingerprint density at radius 1 is 1.03 bits per heavy atom. The van der Waals surface area contributed by atoms with Crippen LogP contribution >= 0.6 is 0 Å². The van der Waals surface area contributed by atoms with Crippen LogP contribution in [-0.4, -0.2) is 117 Å². The minimum absolute atomic E-state index is 0.0717. The second kappa shape index (κ2) is 16.1. The third kappa shape index (κ3) is 11.1. The molecule has 17 nitrogen and oxygen atoms in total. The molecule has 9 N–H and O–H groups in total. The van der Waals surface area contributed by atoms with Crippen molar-refractivity contribution < 1.29 is 58.7 Å². The van der Waals surface area contributed by atoms with Crippen molar-refractivity contribution in [3.8, 4) is 0 Å². The van der Waals surface area contributed by atoms with Gasteiger partial charge in [0.15, 0.2) is 11.9 Å². The number of ketones is 1. The van der Waals surface area contributed by atoms with Gasteiger partial charge in [0, 0.05) is 19.9 Å². The number of aliphatic hydroxyl groups is 3. The Morgan fingerprint density at radius 3 is 2.05 bits per heavy atom. The van der Waals surface area contributed by atoms with Gasteiger partial charge in [0.1, 0.15) is 30.3 Å². The predicted molar refractivity (Wildman–Crippen MR) is 126 cm³/mol. The van der Waals surface area contributed by atoms with E-state index in [-0.39, 0.29) is 12.8 Å². The fraction of sp³-hybridized carbons (Fsp3) is 0.667. The van der Waals surface area contributed by atoms with Crippen LogP contribution in [0, 0.1) is 0 Å². The minimum Gasteiger partial charge on any atom is -0.465 e. The smallest absolute Gasteiger partial charge is 0.413 e. The van der Waals surface area contributed by atoms with E-state index in [1.165, 1.54) is 6.92 Å². The number of amides is 6. The van der Waals surface area contributed by atoms with Crippen LogP contribution in [0.25, 0.3) is 0 Å². The van der Waals surface area contributed by atoms with Crippen molar-refractivity contribution in [3.63, 3.8) is 0 Å². The molecule has 0 saturated heterocycles. The number of primary amides is 1. The summed E-state index contributed by atoms with van der Waals surface area (Å²) < 4.78 is 5.02. The number of carboxylic acid groups (broad SMARTS) is 1. The molecule has 0 fully saturated rings. The average molecular weight is 550 g/mol. The van der Waals surface area contributed by atoms with E-state index >= 15 is 0 Å². The molecule has 0 saturated carbocycles. The summed E-state index contributed by atoms with van der Waals surface area (Å²) in [6, 6.07) is -4.44. The third-order valence-corrected chi connectivity index (χ3v) is 5.26. The molecule has 0 aliphatic carbocycles. The third-order valence-electron chi connectivity index (χ3n) is 5.26. The molecule has 0 bridgehead atoms. The Morgan fingerprint density at radius 2 is 1.61 bits per heavy atom. The van der Waals surface area contributed by atoms with Crippen LogP contribution < -0.4 is 21.7 Å². The van der Waals surface area contributed by atoms with Gasteiger partial charge in [0.2, 0.25) is 23.6 Å². The first kappa shape index (κ1) is 34.2. The van der Waals surface area contributed by atoms with Crippen LogP contribution in [-0.2, 0) is 28.7 Å². The van der Waals surface area contributed by atoms with Gasteiger partial charge in [-0.3, -0.25) is 28.9 Å². The number of rotatable bonds is 15. The van der Waals surface area contributed by atoms with Crippen molar-refractivity contribution in [1.29, 1.82) is 0 Å². The maximum Gasteiger partial charge on any atom is 0.413 e. The quantitative estimate of drug-likeness (QED) is 0.0990. The van der Waals surface area contributed by atoms with Crippen LogP contribution in [0.2, 0.25) is 0 Å². The highest BCUT2D eigenvalue weighted by atomic mass is 16.6. The minimum atomic E-state index is -2.03. The summed E-state index contributed by atoms with van der Waals surface area (Å²) in [6.07, 6.45) is -9.55. The lowest BCUT2D eigenvalue weighted by Crippen LogP contribution is -2.58. The molecular weight excluding hydrogens is 514 g/mol. The topological polar surface area (TPSA) is 275 Å². The second-order valence-electron chi connectivity index (χ2n) is 8.22. The molecule has 6 atom stereocenters. The maximum absolute atomic E-state index is 12.5. The first-order valence-corrected chi connectivity index (χ1v) is 11.4. The molecule has 0 aliphatic heterocycles. The zero-order valence-corrected chi connectivity index (χ0v) is 21.4. The van der Waals surface area contributed by atoms with Crippen LogP contribution in [0.1, 0.15) is 40.0 Å². The largest absolute Gasteiger partial charge is 0.465 e. The summed E-state index contributed by atoms with van der Waals surface area (Å²) in [5, 5.41) is 44.6. The average Bonchev–Trinajstić information content (AvgIpc) is 2.85. The Balaban J connectivity index is 5.44. The van der Waals surface area contributed by atoms with E-state index in [2.05, 4.69) is 16.0 Å². The van der Waals surface area contributed by atoms with E-state index in [1.54, 1.807) is 0 Å². The molecule has 216 valence electrons. The van der Waals surface area contributed by atoms with Gasteiger partial charge in [0.05, 0.1) is 6.61 Å². The summed E-state index contributed by atoms with van der Waals surface area (Å²) in [5.41, 5.74) is 5.22. The van der Waals surface area contributed by atoms with E-state index in [9.17, 15) is 43.8 Å². The zero-order valence-electron chi connectivity index (χ0n) is 21.4. The summed E-state index contributed by atoms with van der Waals surface area (Å²) in [5.74, 6) is -4.29. The summed E-state index contributed by atoms with van der Waals surface area (Å²) in [7, 11) is 0.994. The lowest BCUT2D eigenvalue weighted by molar-refractivity contribution is -0.136. The number of ether oxygens (including phenoxy) is 1.